The summed E-state index contributed by atoms with van der Waals surface area (Å²) in [5.74, 6) is 1.51. The monoisotopic (exact) mass is 357 g/mol. The second-order valence-electron chi connectivity index (χ2n) is 6.31. The van der Waals surface area contributed by atoms with Crippen LogP contribution < -0.4 is 10.1 Å². The molecule has 2 aromatic heterocycles. The molecular weight excluding hydrogens is 338 g/mol. The molecule has 130 valence electrons. The number of fused-ring (bicyclic) bond motifs is 1. The first kappa shape index (κ1) is 16.1. The van der Waals surface area contributed by atoms with E-state index in [1.807, 2.05) is 30.6 Å². The Bertz CT molecular complexity index is 871. The molecule has 0 unspecified atom stereocenters. The van der Waals surface area contributed by atoms with E-state index in [9.17, 15) is 0 Å². The van der Waals surface area contributed by atoms with Gasteiger partial charge in [0, 0.05) is 12.6 Å². The normalized spacial score (nSPS) is 15.0. The third-order valence-electron chi connectivity index (χ3n) is 4.73. The molecule has 0 aliphatic heterocycles. The molecule has 1 aromatic carbocycles. The molecule has 1 N–H and O–H groups in total. The zero-order chi connectivity index (χ0) is 17.2. The van der Waals surface area contributed by atoms with Crippen LogP contribution in [-0.4, -0.2) is 26.6 Å². The molecule has 0 amide bonds. The molecule has 1 aliphatic carbocycles. The van der Waals surface area contributed by atoms with E-state index in [1.165, 1.54) is 25.7 Å². The summed E-state index contributed by atoms with van der Waals surface area (Å²) in [6.07, 6.45) is 6.71. The Labute approximate surface area is 151 Å². The summed E-state index contributed by atoms with van der Waals surface area (Å²) in [7, 11) is 1.66. The van der Waals surface area contributed by atoms with E-state index in [0.717, 1.165) is 22.5 Å². The average Bonchev–Trinajstić information content (AvgIpc) is 3.29. The molecule has 1 aliphatic rings. The Balaban J connectivity index is 1.60. The van der Waals surface area contributed by atoms with Crippen molar-refractivity contribution in [1.29, 1.82) is 0 Å². The first-order chi connectivity index (χ1) is 12.2. The smallest absolute Gasteiger partial charge is 0.226 e. The van der Waals surface area contributed by atoms with Gasteiger partial charge in [-0.25, -0.2) is 4.98 Å². The van der Waals surface area contributed by atoms with Crippen molar-refractivity contribution in [2.45, 2.75) is 38.3 Å². The van der Waals surface area contributed by atoms with E-state index >= 15 is 0 Å². The number of anilines is 1. The number of imidazole rings is 1. The highest BCUT2D eigenvalue weighted by atomic mass is 35.5. The van der Waals surface area contributed by atoms with Crippen LogP contribution in [0.15, 0.2) is 30.6 Å². The minimum atomic E-state index is 0.240. The highest BCUT2D eigenvalue weighted by Gasteiger charge is 2.21. The van der Waals surface area contributed by atoms with E-state index in [1.54, 1.807) is 7.11 Å². The van der Waals surface area contributed by atoms with Gasteiger partial charge in [0.1, 0.15) is 5.75 Å². The van der Waals surface area contributed by atoms with Crippen LogP contribution in [0.2, 0.25) is 5.28 Å². The van der Waals surface area contributed by atoms with Crippen LogP contribution in [0.25, 0.3) is 11.2 Å². The van der Waals surface area contributed by atoms with Gasteiger partial charge in [-0.15, -0.1) is 0 Å². The maximum atomic E-state index is 6.16. The van der Waals surface area contributed by atoms with Crippen molar-refractivity contribution >= 4 is 28.6 Å². The third-order valence-corrected chi connectivity index (χ3v) is 4.90. The van der Waals surface area contributed by atoms with E-state index in [0.29, 0.717) is 18.4 Å². The van der Waals surface area contributed by atoms with E-state index in [-0.39, 0.29) is 5.28 Å². The fourth-order valence-corrected chi connectivity index (χ4v) is 3.56. The van der Waals surface area contributed by atoms with Gasteiger partial charge in [0.25, 0.3) is 0 Å². The zero-order valence-electron chi connectivity index (χ0n) is 14.1. The Hall–Kier alpha value is -2.34. The average molecular weight is 358 g/mol. The van der Waals surface area contributed by atoms with Gasteiger partial charge in [-0.1, -0.05) is 25.0 Å². The number of hydrogen-bond donors (Lipinski definition) is 1. The number of nitrogens with one attached hydrogen (secondary N) is 1. The number of aromatic nitrogens is 4. The summed E-state index contributed by atoms with van der Waals surface area (Å²) < 4.78 is 7.33. The summed E-state index contributed by atoms with van der Waals surface area (Å²) in [6, 6.07) is 8.37. The topological polar surface area (TPSA) is 64.9 Å². The summed E-state index contributed by atoms with van der Waals surface area (Å²) >= 11 is 6.16. The van der Waals surface area contributed by atoms with Gasteiger partial charge in [-0.3, -0.25) is 0 Å². The number of hydrogen-bond acceptors (Lipinski definition) is 5. The fraction of sp³-hybridized carbons (Fsp3) is 0.389. The fourth-order valence-electron chi connectivity index (χ4n) is 3.39. The lowest BCUT2D eigenvalue weighted by Gasteiger charge is -2.12. The van der Waals surface area contributed by atoms with E-state index in [4.69, 9.17) is 16.3 Å². The van der Waals surface area contributed by atoms with Crippen molar-refractivity contribution in [3.8, 4) is 5.75 Å². The third kappa shape index (κ3) is 3.26. The quantitative estimate of drug-likeness (QED) is 0.693. The van der Waals surface area contributed by atoms with Gasteiger partial charge in [-0.05, 0) is 42.1 Å². The van der Waals surface area contributed by atoms with Gasteiger partial charge in [0.15, 0.2) is 17.0 Å². The molecule has 3 aromatic rings. The van der Waals surface area contributed by atoms with Crippen molar-refractivity contribution in [2.24, 2.45) is 0 Å². The summed E-state index contributed by atoms with van der Waals surface area (Å²) in [5.41, 5.74) is 2.70. The van der Waals surface area contributed by atoms with Crippen LogP contribution in [0.4, 0.5) is 5.82 Å². The van der Waals surface area contributed by atoms with Crippen LogP contribution in [0.1, 0.15) is 37.3 Å². The van der Waals surface area contributed by atoms with E-state index in [2.05, 4.69) is 24.8 Å². The minimum absolute atomic E-state index is 0.240. The number of nitrogens with zero attached hydrogens (tertiary/aromatic N) is 4. The van der Waals surface area contributed by atoms with Crippen LogP contribution in [-0.2, 0) is 6.54 Å². The largest absolute Gasteiger partial charge is 0.497 e. The molecule has 6 nitrogen and oxygen atoms in total. The van der Waals surface area contributed by atoms with Crippen molar-refractivity contribution in [1.82, 2.24) is 19.5 Å². The zero-order valence-corrected chi connectivity index (χ0v) is 14.8. The number of methoxy groups -OCH3 is 1. The Morgan fingerprint density at radius 3 is 2.68 bits per heavy atom. The number of halogens is 1. The number of benzene rings is 1. The van der Waals surface area contributed by atoms with E-state index < -0.39 is 0 Å². The minimum Gasteiger partial charge on any atom is -0.497 e. The highest BCUT2D eigenvalue weighted by molar-refractivity contribution is 6.28. The lowest BCUT2D eigenvalue weighted by atomic mass is 10.2. The van der Waals surface area contributed by atoms with Crippen molar-refractivity contribution in [3.63, 3.8) is 0 Å². The molecule has 0 atom stereocenters. The SMILES string of the molecule is COc1ccc(CNc2nc(Cl)nc3c2ncn3C2CCCC2)cc1. The van der Waals surface area contributed by atoms with Crippen molar-refractivity contribution in [3.05, 3.63) is 41.4 Å². The van der Waals surface area contributed by atoms with Gasteiger partial charge in [-0.2, -0.15) is 9.97 Å². The summed E-state index contributed by atoms with van der Waals surface area (Å²) in [6.45, 7) is 0.628. The second-order valence-corrected chi connectivity index (χ2v) is 6.64. The van der Waals surface area contributed by atoms with Crippen molar-refractivity contribution < 1.29 is 4.74 Å². The molecule has 0 spiro atoms. The Kier molecular flexibility index (Phi) is 4.44. The maximum Gasteiger partial charge on any atom is 0.226 e. The molecule has 1 fully saturated rings. The first-order valence-electron chi connectivity index (χ1n) is 8.51. The molecule has 0 bridgehead atoms. The Morgan fingerprint density at radius 2 is 1.96 bits per heavy atom. The Morgan fingerprint density at radius 1 is 1.20 bits per heavy atom. The molecule has 0 saturated heterocycles. The van der Waals surface area contributed by atoms with Crippen LogP contribution in [0.5, 0.6) is 5.75 Å². The maximum absolute atomic E-state index is 6.16. The lowest BCUT2D eigenvalue weighted by Crippen LogP contribution is -2.06. The summed E-state index contributed by atoms with van der Waals surface area (Å²) in [4.78, 5) is 13.3. The number of rotatable bonds is 5. The van der Waals surface area contributed by atoms with Gasteiger partial charge in [0.2, 0.25) is 5.28 Å². The summed E-state index contributed by atoms with van der Waals surface area (Å²) in [5, 5.41) is 3.57. The molecule has 1 saturated carbocycles. The van der Waals surface area contributed by atoms with Crippen molar-refractivity contribution in [2.75, 3.05) is 12.4 Å². The van der Waals surface area contributed by atoms with Crippen LogP contribution in [0, 0.1) is 0 Å². The molecule has 25 heavy (non-hydrogen) atoms. The molecular formula is C18H20ClN5O. The highest BCUT2D eigenvalue weighted by Crippen LogP contribution is 2.33. The van der Waals surface area contributed by atoms with Crippen LogP contribution in [0.3, 0.4) is 0 Å². The van der Waals surface area contributed by atoms with Gasteiger partial charge >= 0.3 is 0 Å². The predicted molar refractivity (Wildman–Crippen MR) is 98.2 cm³/mol. The molecule has 7 heteroatoms. The van der Waals surface area contributed by atoms with Gasteiger partial charge < -0.3 is 14.6 Å². The second kappa shape index (κ2) is 6.88. The first-order valence-corrected chi connectivity index (χ1v) is 8.89. The molecule has 4 rings (SSSR count). The standard InChI is InChI=1S/C18H20ClN5O/c1-25-14-8-6-12(7-9-14)10-20-16-15-17(23-18(19)22-16)24(11-21-15)13-4-2-3-5-13/h6-9,11,13H,2-5,10H2,1H3,(H,20,22,23). The lowest BCUT2D eigenvalue weighted by molar-refractivity contribution is 0.414. The number of ether oxygens (including phenoxy) is 1. The van der Waals surface area contributed by atoms with Crippen LogP contribution >= 0.6 is 11.6 Å². The molecule has 0 radical (unpaired) electrons. The molecule has 2 heterocycles. The predicted octanol–water partition coefficient (Wildman–Crippen LogP) is 4.22. The van der Waals surface area contributed by atoms with Gasteiger partial charge in [0.05, 0.1) is 13.4 Å².